The Balaban J connectivity index is 0.00000225. The van der Waals surface area contributed by atoms with Crippen LogP contribution in [0.25, 0.3) is 33.9 Å². The number of phenols is 1. The molecule has 2 heterocycles. The number of halogens is 2. The molecule has 0 saturated carbocycles. The predicted molar refractivity (Wildman–Crippen MR) is 115 cm³/mol. The van der Waals surface area contributed by atoms with Crippen molar-refractivity contribution in [2.75, 3.05) is 0 Å². The number of phenolic OH excluding ortho intramolecular Hbond substituents is 1. The van der Waals surface area contributed by atoms with Crippen molar-refractivity contribution in [2.24, 2.45) is 5.73 Å². The molecule has 0 amide bonds. The molecule has 142 valence electrons. The summed E-state index contributed by atoms with van der Waals surface area (Å²) in [5.74, 6) is 0.751. The Morgan fingerprint density at radius 2 is 1.61 bits per heavy atom. The van der Waals surface area contributed by atoms with E-state index in [-0.39, 0.29) is 18.2 Å². The molecule has 5 nitrogen and oxygen atoms in total. The van der Waals surface area contributed by atoms with Crippen molar-refractivity contribution in [3.8, 4) is 39.7 Å². The molecular weight excluding hydrogens is 395 g/mol. The zero-order chi connectivity index (χ0) is 18.8. The lowest BCUT2D eigenvalue weighted by Gasteiger charge is -2.04. The first kappa shape index (κ1) is 19.9. The minimum Gasteiger partial charge on any atom is -0.506 e. The van der Waals surface area contributed by atoms with Gasteiger partial charge < -0.3 is 15.8 Å². The fourth-order valence-electron chi connectivity index (χ4n) is 2.90. The van der Waals surface area contributed by atoms with Gasteiger partial charge in [0, 0.05) is 35.6 Å². The average Bonchev–Trinajstić information content (AvgIpc) is 3.16. The molecule has 0 atom stereocenters. The number of rotatable bonds is 4. The van der Waals surface area contributed by atoms with Crippen molar-refractivity contribution in [2.45, 2.75) is 6.54 Å². The molecule has 28 heavy (non-hydrogen) atoms. The lowest BCUT2D eigenvalue weighted by Crippen LogP contribution is -1.95. The summed E-state index contributed by atoms with van der Waals surface area (Å²) < 4.78 is 0. The van der Waals surface area contributed by atoms with E-state index in [4.69, 9.17) is 22.3 Å². The van der Waals surface area contributed by atoms with E-state index >= 15 is 0 Å². The second-order valence-corrected chi connectivity index (χ2v) is 6.52. The molecule has 2 aromatic heterocycles. The van der Waals surface area contributed by atoms with Gasteiger partial charge in [0.25, 0.3) is 0 Å². The summed E-state index contributed by atoms with van der Waals surface area (Å²) in [4.78, 5) is 12.3. The highest BCUT2D eigenvalue weighted by Crippen LogP contribution is 2.36. The van der Waals surface area contributed by atoms with Crippen LogP contribution in [-0.2, 0) is 6.54 Å². The number of nitrogens with zero attached hydrogens (tertiary/aromatic N) is 2. The molecule has 2 aromatic carbocycles. The highest BCUT2D eigenvalue weighted by Gasteiger charge is 2.16. The van der Waals surface area contributed by atoms with E-state index in [0.717, 1.165) is 39.5 Å². The van der Waals surface area contributed by atoms with Crippen LogP contribution in [0.3, 0.4) is 0 Å². The molecule has 0 aliphatic rings. The van der Waals surface area contributed by atoms with Crippen LogP contribution in [0.4, 0.5) is 0 Å². The molecule has 4 aromatic rings. The highest BCUT2D eigenvalue weighted by molar-refractivity contribution is 6.32. The van der Waals surface area contributed by atoms with E-state index in [1.807, 2.05) is 42.5 Å². The fourth-order valence-corrected chi connectivity index (χ4v) is 3.02. The van der Waals surface area contributed by atoms with Gasteiger partial charge in [-0.3, -0.25) is 4.98 Å². The molecule has 4 rings (SSSR count). The Labute approximate surface area is 173 Å². The summed E-state index contributed by atoms with van der Waals surface area (Å²) >= 11 is 5.96. The smallest absolute Gasteiger partial charge is 0.138 e. The minimum absolute atomic E-state index is 0. The number of aromatic amines is 1. The van der Waals surface area contributed by atoms with E-state index < -0.39 is 0 Å². The first-order chi connectivity index (χ1) is 13.2. The maximum absolute atomic E-state index is 10.0. The Kier molecular flexibility index (Phi) is 5.99. The largest absolute Gasteiger partial charge is 0.506 e. The molecule has 0 aliphatic heterocycles. The van der Waals surface area contributed by atoms with E-state index in [1.165, 1.54) is 0 Å². The maximum atomic E-state index is 10.0. The number of H-pyrrole nitrogens is 1. The van der Waals surface area contributed by atoms with Crippen LogP contribution in [0.15, 0.2) is 67.0 Å². The molecule has 0 bridgehead atoms. The maximum Gasteiger partial charge on any atom is 0.138 e. The topological polar surface area (TPSA) is 87.8 Å². The van der Waals surface area contributed by atoms with Crippen molar-refractivity contribution >= 4 is 24.0 Å². The second-order valence-electron chi connectivity index (χ2n) is 6.11. The van der Waals surface area contributed by atoms with Crippen LogP contribution in [0.1, 0.15) is 5.56 Å². The Bertz CT molecular complexity index is 1080. The van der Waals surface area contributed by atoms with Crippen LogP contribution in [0.5, 0.6) is 5.75 Å². The van der Waals surface area contributed by atoms with Gasteiger partial charge in [0.05, 0.1) is 16.4 Å². The van der Waals surface area contributed by atoms with E-state index in [1.54, 1.807) is 24.5 Å². The number of hydrogen-bond acceptors (Lipinski definition) is 4. The van der Waals surface area contributed by atoms with Crippen LogP contribution in [0.2, 0.25) is 5.02 Å². The fraction of sp³-hybridized carbons (Fsp3) is 0.0476. The van der Waals surface area contributed by atoms with Crippen molar-refractivity contribution < 1.29 is 5.11 Å². The first-order valence-electron chi connectivity index (χ1n) is 8.44. The third-order valence-corrected chi connectivity index (χ3v) is 4.68. The number of benzene rings is 2. The molecule has 4 N–H and O–H groups in total. The number of nitrogens with two attached hydrogens (primary N) is 1. The summed E-state index contributed by atoms with van der Waals surface area (Å²) in [5, 5.41) is 10.3. The van der Waals surface area contributed by atoms with Gasteiger partial charge in [0.15, 0.2) is 0 Å². The van der Waals surface area contributed by atoms with Crippen LogP contribution in [0, 0.1) is 0 Å². The van der Waals surface area contributed by atoms with Crippen LogP contribution < -0.4 is 5.73 Å². The quantitative estimate of drug-likeness (QED) is 0.437. The highest BCUT2D eigenvalue weighted by atomic mass is 35.5. The van der Waals surface area contributed by atoms with Crippen molar-refractivity contribution in [1.29, 1.82) is 0 Å². The zero-order valence-corrected chi connectivity index (χ0v) is 16.3. The van der Waals surface area contributed by atoms with Crippen LogP contribution >= 0.6 is 24.0 Å². The standard InChI is InChI=1S/C21H17ClN4O.ClH/c22-17-6-5-16(11-18(17)27)20-19(14-7-9-24-10-8-14)25-21(26-20)15-3-1-13(12-23)2-4-15;/h1-11,27H,12,23H2,(H,25,26);1H. The average molecular weight is 413 g/mol. The Morgan fingerprint density at radius 1 is 0.929 bits per heavy atom. The normalized spacial score (nSPS) is 10.5. The second kappa shape index (κ2) is 8.44. The zero-order valence-electron chi connectivity index (χ0n) is 14.8. The van der Waals surface area contributed by atoms with Gasteiger partial charge in [0.1, 0.15) is 11.6 Å². The SMILES string of the molecule is Cl.NCc1ccc(-c2nc(-c3ccc(Cl)c(O)c3)c(-c3ccncc3)[nH]2)cc1. The number of aromatic hydroxyl groups is 1. The number of aromatic nitrogens is 3. The van der Waals surface area contributed by atoms with Crippen molar-refractivity contribution in [3.05, 3.63) is 77.6 Å². The van der Waals surface area contributed by atoms with Crippen molar-refractivity contribution in [1.82, 2.24) is 15.0 Å². The number of nitrogens with one attached hydrogen (secondary N) is 1. The molecular formula is C21H18Cl2N4O. The Hall–Kier alpha value is -2.86. The summed E-state index contributed by atoms with van der Waals surface area (Å²) in [6, 6.07) is 16.9. The molecule has 0 radical (unpaired) electrons. The summed E-state index contributed by atoms with van der Waals surface area (Å²) in [7, 11) is 0. The van der Waals surface area contributed by atoms with Gasteiger partial charge in [-0.2, -0.15) is 0 Å². The molecule has 0 unspecified atom stereocenters. The summed E-state index contributed by atoms with van der Waals surface area (Å²) in [5.41, 5.74) is 11.0. The number of pyridine rings is 1. The third-order valence-electron chi connectivity index (χ3n) is 4.36. The van der Waals surface area contributed by atoms with E-state index in [9.17, 15) is 5.11 Å². The van der Waals surface area contributed by atoms with Crippen molar-refractivity contribution in [3.63, 3.8) is 0 Å². The minimum atomic E-state index is 0. The third kappa shape index (κ3) is 3.87. The van der Waals surface area contributed by atoms with Gasteiger partial charge in [-0.25, -0.2) is 4.98 Å². The van der Waals surface area contributed by atoms with Gasteiger partial charge in [-0.05, 0) is 29.8 Å². The van der Waals surface area contributed by atoms with E-state index in [0.29, 0.717) is 11.6 Å². The Morgan fingerprint density at radius 3 is 2.25 bits per heavy atom. The van der Waals surface area contributed by atoms with Gasteiger partial charge in [-0.15, -0.1) is 12.4 Å². The summed E-state index contributed by atoms with van der Waals surface area (Å²) in [6.45, 7) is 0.496. The lowest BCUT2D eigenvalue weighted by molar-refractivity contribution is 0.476. The lowest BCUT2D eigenvalue weighted by atomic mass is 10.1. The van der Waals surface area contributed by atoms with Gasteiger partial charge in [0.2, 0.25) is 0 Å². The number of imidazole rings is 1. The van der Waals surface area contributed by atoms with Gasteiger partial charge in [-0.1, -0.05) is 41.9 Å². The molecule has 0 spiro atoms. The molecule has 0 aliphatic carbocycles. The van der Waals surface area contributed by atoms with Gasteiger partial charge >= 0.3 is 0 Å². The predicted octanol–water partition coefficient (Wildman–Crippen LogP) is 5.05. The van der Waals surface area contributed by atoms with Crippen LogP contribution in [-0.4, -0.2) is 20.1 Å². The number of hydrogen-bond donors (Lipinski definition) is 3. The monoisotopic (exact) mass is 412 g/mol. The van der Waals surface area contributed by atoms with E-state index in [2.05, 4.69) is 9.97 Å². The summed E-state index contributed by atoms with van der Waals surface area (Å²) in [6.07, 6.45) is 3.46. The first-order valence-corrected chi connectivity index (χ1v) is 8.82. The molecule has 0 fully saturated rings. The molecule has 0 saturated heterocycles. The molecule has 7 heteroatoms.